The number of carbonyl (C=O) groups is 2. The number of hydrogen-bond acceptors (Lipinski definition) is 9. The number of methoxy groups -OCH3 is 1. The number of aromatic hydroxyl groups is 1. The molecular weight excluding hydrogens is 662 g/mol. The number of aliphatic hydroxyl groups is 1. The van der Waals surface area contributed by atoms with E-state index in [1.165, 1.54) is 47.3 Å². The van der Waals surface area contributed by atoms with Gasteiger partial charge in [0.1, 0.15) is 0 Å². The van der Waals surface area contributed by atoms with Crippen LogP contribution in [0.15, 0.2) is 111 Å². The fourth-order valence-corrected chi connectivity index (χ4v) is 7.35. The van der Waals surface area contributed by atoms with Crippen molar-refractivity contribution >= 4 is 72.7 Å². The van der Waals surface area contributed by atoms with E-state index in [-0.39, 0.29) is 22.2 Å². The number of halogens is 1. The molecule has 5 aromatic rings. The summed E-state index contributed by atoms with van der Waals surface area (Å²) in [7, 11) is 1.40. The van der Waals surface area contributed by atoms with Crippen LogP contribution in [-0.2, 0) is 15.3 Å². The smallest absolute Gasteiger partial charge is 0.296 e. The summed E-state index contributed by atoms with van der Waals surface area (Å²) in [5.74, 6) is -1.39. The number of thioether (sulfide) groups is 1. The summed E-state index contributed by atoms with van der Waals surface area (Å²) in [5.41, 5.74) is 2.21. The van der Waals surface area contributed by atoms with Crippen molar-refractivity contribution in [2.45, 2.75) is 16.1 Å². The Morgan fingerprint density at radius 3 is 2.59 bits per heavy atom. The second-order valence-electron chi connectivity index (χ2n) is 9.78. The zero-order valence-electron chi connectivity index (χ0n) is 23.2. The zero-order chi connectivity index (χ0) is 30.8. The Labute approximate surface area is 269 Å². The van der Waals surface area contributed by atoms with Gasteiger partial charge >= 0.3 is 0 Å². The molecule has 1 aliphatic rings. The lowest BCUT2D eigenvalue weighted by atomic mass is 9.95. The SMILES string of the molecule is COc1cc(C2C(C(=O)/C=C/c3ccccc3)=C(O)C(=O)N2c2nnc(SCc3cccc4ccccc34)s2)cc(Br)c1O. The summed E-state index contributed by atoms with van der Waals surface area (Å²) >= 11 is 6.00. The highest BCUT2D eigenvalue weighted by atomic mass is 79.9. The quantitative estimate of drug-likeness (QED) is 0.0925. The van der Waals surface area contributed by atoms with Gasteiger partial charge in [0.25, 0.3) is 5.91 Å². The molecule has 44 heavy (non-hydrogen) atoms. The van der Waals surface area contributed by atoms with Crippen LogP contribution in [0.3, 0.4) is 0 Å². The first-order valence-corrected chi connectivity index (χ1v) is 16.0. The van der Waals surface area contributed by atoms with Crippen molar-refractivity contribution in [1.29, 1.82) is 0 Å². The molecule has 0 saturated carbocycles. The third-order valence-electron chi connectivity index (χ3n) is 7.12. The van der Waals surface area contributed by atoms with Crippen LogP contribution in [-0.4, -0.2) is 39.2 Å². The van der Waals surface area contributed by atoms with E-state index in [0.717, 1.165) is 21.9 Å². The molecule has 1 atom stereocenters. The first-order valence-electron chi connectivity index (χ1n) is 13.4. The van der Waals surface area contributed by atoms with Crippen molar-refractivity contribution in [3.05, 3.63) is 124 Å². The number of allylic oxidation sites excluding steroid dienone is 1. The summed E-state index contributed by atoms with van der Waals surface area (Å²) in [6.07, 6.45) is 2.94. The van der Waals surface area contributed by atoms with Gasteiger partial charge in [0.2, 0.25) is 5.13 Å². The highest BCUT2D eigenvalue weighted by molar-refractivity contribution is 9.10. The minimum absolute atomic E-state index is 0.123. The van der Waals surface area contributed by atoms with Crippen LogP contribution in [0, 0.1) is 0 Å². The molecule has 0 saturated heterocycles. The minimum atomic E-state index is -1.06. The number of ketones is 1. The number of carbonyl (C=O) groups excluding carboxylic acids is 2. The van der Waals surface area contributed by atoms with E-state index in [1.54, 1.807) is 12.1 Å². The van der Waals surface area contributed by atoms with E-state index < -0.39 is 23.5 Å². The standard InChI is InChI=1S/C33H24BrN3O5S2/c1-42-26-17-22(16-24(34)29(26)39)28-27(25(38)15-14-19-8-3-2-4-9-19)30(40)31(41)37(28)32-35-36-33(44-32)43-18-21-12-7-11-20-10-5-6-13-23(20)21/h2-17,28,39-40H,18H2,1H3/b15-14+. The number of ether oxygens (including phenoxy) is 1. The molecule has 4 aromatic carbocycles. The summed E-state index contributed by atoms with van der Waals surface area (Å²) in [4.78, 5) is 28.5. The van der Waals surface area contributed by atoms with Crippen molar-refractivity contribution in [3.63, 3.8) is 0 Å². The maximum Gasteiger partial charge on any atom is 0.296 e. The van der Waals surface area contributed by atoms with Crippen molar-refractivity contribution in [3.8, 4) is 11.5 Å². The Bertz CT molecular complexity index is 1950. The van der Waals surface area contributed by atoms with Gasteiger partial charge in [-0.2, -0.15) is 0 Å². The maximum atomic E-state index is 13.6. The summed E-state index contributed by atoms with van der Waals surface area (Å²) in [5, 5.41) is 32.7. The van der Waals surface area contributed by atoms with Crippen LogP contribution in [0.2, 0.25) is 0 Å². The maximum absolute atomic E-state index is 13.6. The summed E-state index contributed by atoms with van der Waals surface area (Å²) < 4.78 is 6.25. The lowest BCUT2D eigenvalue weighted by molar-refractivity contribution is -0.117. The van der Waals surface area contributed by atoms with Gasteiger partial charge in [-0.1, -0.05) is 102 Å². The minimum Gasteiger partial charge on any atom is -0.503 e. The molecule has 1 aromatic heterocycles. The zero-order valence-corrected chi connectivity index (χ0v) is 26.4. The number of fused-ring (bicyclic) bond motifs is 1. The van der Waals surface area contributed by atoms with E-state index in [0.29, 0.717) is 20.1 Å². The van der Waals surface area contributed by atoms with Gasteiger partial charge in [-0.05, 0) is 61.6 Å². The fraction of sp³-hybridized carbons (Fsp3) is 0.0909. The number of rotatable bonds is 9. The second kappa shape index (κ2) is 12.7. The third kappa shape index (κ3) is 5.73. The Morgan fingerprint density at radius 1 is 1.05 bits per heavy atom. The lowest BCUT2D eigenvalue weighted by Crippen LogP contribution is -2.31. The molecule has 11 heteroatoms. The number of benzene rings is 4. The Balaban J connectivity index is 1.35. The number of hydrogen-bond donors (Lipinski definition) is 2. The number of nitrogens with zero attached hydrogens (tertiary/aromatic N) is 3. The molecule has 0 fully saturated rings. The lowest BCUT2D eigenvalue weighted by Gasteiger charge is -2.24. The first kappa shape index (κ1) is 29.6. The normalized spacial score (nSPS) is 15.1. The van der Waals surface area contributed by atoms with Gasteiger partial charge in [0.05, 0.1) is 23.2 Å². The molecule has 220 valence electrons. The van der Waals surface area contributed by atoms with Gasteiger partial charge in [-0.3, -0.25) is 14.5 Å². The number of aromatic nitrogens is 2. The van der Waals surface area contributed by atoms with E-state index in [4.69, 9.17) is 4.74 Å². The van der Waals surface area contributed by atoms with Crippen molar-refractivity contribution in [2.75, 3.05) is 12.0 Å². The van der Waals surface area contributed by atoms with Crippen LogP contribution in [0.1, 0.15) is 22.7 Å². The predicted octanol–water partition coefficient (Wildman–Crippen LogP) is 7.64. The fourth-order valence-electron chi connectivity index (χ4n) is 5.02. The topological polar surface area (TPSA) is 113 Å². The van der Waals surface area contributed by atoms with Crippen molar-refractivity contribution < 1.29 is 24.5 Å². The second-order valence-corrected chi connectivity index (χ2v) is 12.8. The van der Waals surface area contributed by atoms with Crippen LogP contribution in [0.25, 0.3) is 16.8 Å². The third-order valence-corrected chi connectivity index (χ3v) is 9.83. The van der Waals surface area contributed by atoms with Gasteiger partial charge in [0.15, 0.2) is 27.4 Å². The average molecular weight is 687 g/mol. The van der Waals surface area contributed by atoms with Crippen LogP contribution >= 0.6 is 39.0 Å². The van der Waals surface area contributed by atoms with Crippen LogP contribution in [0.4, 0.5) is 5.13 Å². The first-order chi connectivity index (χ1) is 21.4. The highest BCUT2D eigenvalue weighted by Crippen LogP contribution is 2.46. The molecule has 2 heterocycles. The van der Waals surface area contributed by atoms with Crippen LogP contribution in [0.5, 0.6) is 11.5 Å². The van der Waals surface area contributed by atoms with E-state index >= 15 is 0 Å². The number of aliphatic hydroxyl groups excluding tert-OH is 1. The molecular formula is C33H24BrN3O5S2. The molecule has 8 nitrogen and oxygen atoms in total. The molecule has 0 aliphatic carbocycles. The van der Waals surface area contributed by atoms with Gasteiger partial charge in [-0.25, -0.2) is 0 Å². The molecule has 6 rings (SSSR count). The van der Waals surface area contributed by atoms with Gasteiger partial charge in [0, 0.05) is 5.75 Å². The van der Waals surface area contributed by atoms with Crippen molar-refractivity contribution in [2.24, 2.45) is 0 Å². The number of phenolic OH excluding ortho intramolecular Hbond substituents is 1. The van der Waals surface area contributed by atoms with E-state index in [9.17, 15) is 19.8 Å². The molecule has 1 aliphatic heterocycles. The average Bonchev–Trinajstić information content (AvgIpc) is 3.62. The van der Waals surface area contributed by atoms with Gasteiger partial charge in [-0.15, -0.1) is 10.2 Å². The Hall–Kier alpha value is -4.45. The summed E-state index contributed by atoms with van der Waals surface area (Å²) in [6.45, 7) is 0. The molecule has 0 radical (unpaired) electrons. The monoisotopic (exact) mass is 685 g/mol. The van der Waals surface area contributed by atoms with Crippen LogP contribution < -0.4 is 9.64 Å². The Kier molecular flexibility index (Phi) is 8.51. The predicted molar refractivity (Wildman–Crippen MR) is 176 cm³/mol. The van der Waals surface area contributed by atoms with E-state index in [1.807, 2.05) is 48.5 Å². The van der Waals surface area contributed by atoms with Crippen molar-refractivity contribution in [1.82, 2.24) is 10.2 Å². The summed E-state index contributed by atoms with van der Waals surface area (Å²) in [6, 6.07) is 25.5. The largest absolute Gasteiger partial charge is 0.503 e. The molecule has 0 spiro atoms. The van der Waals surface area contributed by atoms with E-state index in [2.05, 4.69) is 50.4 Å². The van der Waals surface area contributed by atoms with Gasteiger partial charge < -0.3 is 14.9 Å². The molecule has 0 bridgehead atoms. The number of amides is 1. The number of anilines is 1. The highest BCUT2D eigenvalue weighted by Gasteiger charge is 2.45. The Morgan fingerprint density at radius 2 is 1.80 bits per heavy atom. The molecule has 1 amide bonds. The molecule has 2 N–H and O–H groups in total. The molecule has 1 unspecified atom stereocenters. The number of phenols is 1.